The van der Waals surface area contributed by atoms with Crippen LogP contribution in [0.2, 0.25) is 4.34 Å². The summed E-state index contributed by atoms with van der Waals surface area (Å²) in [6.45, 7) is 0. The second kappa shape index (κ2) is 4.74. The van der Waals surface area contributed by atoms with Crippen LogP contribution in [0.4, 0.5) is 13.2 Å². The van der Waals surface area contributed by atoms with Gasteiger partial charge in [-0.3, -0.25) is 4.79 Å². The third-order valence-electron chi connectivity index (χ3n) is 2.25. The number of hydrogen-bond donors (Lipinski definition) is 0. The molecule has 0 N–H and O–H groups in total. The van der Waals surface area contributed by atoms with Crippen LogP contribution in [-0.2, 0) is 6.18 Å². The Morgan fingerprint density at radius 3 is 2.44 bits per heavy atom. The molecule has 0 bridgehead atoms. The Bertz CT molecular complexity index is 589. The maximum Gasteiger partial charge on any atom is 0.416 e. The zero-order valence-electron chi connectivity index (χ0n) is 8.79. The summed E-state index contributed by atoms with van der Waals surface area (Å²) in [4.78, 5) is 12.2. The molecule has 94 valence electrons. The highest BCUT2D eigenvalue weighted by Gasteiger charge is 2.31. The fraction of sp³-hybridized carbons (Fsp3) is 0.0833. The van der Waals surface area contributed by atoms with Crippen molar-refractivity contribution in [1.29, 1.82) is 0 Å². The first-order valence-electron chi connectivity index (χ1n) is 4.85. The number of alkyl halides is 3. The molecule has 1 aromatic heterocycles. The van der Waals surface area contributed by atoms with Gasteiger partial charge in [-0.1, -0.05) is 23.7 Å². The van der Waals surface area contributed by atoms with Gasteiger partial charge < -0.3 is 0 Å². The first-order valence-corrected chi connectivity index (χ1v) is 6.04. The number of thiophene rings is 1. The van der Waals surface area contributed by atoms with E-state index in [1.165, 1.54) is 24.3 Å². The van der Waals surface area contributed by atoms with Gasteiger partial charge in [-0.2, -0.15) is 13.2 Å². The van der Waals surface area contributed by atoms with Crippen LogP contribution in [0, 0.1) is 0 Å². The smallest absolute Gasteiger partial charge is 0.288 e. The molecule has 0 unspecified atom stereocenters. The minimum Gasteiger partial charge on any atom is -0.288 e. The van der Waals surface area contributed by atoms with E-state index in [4.69, 9.17) is 11.6 Å². The highest BCUT2D eigenvalue weighted by atomic mass is 35.5. The lowest BCUT2D eigenvalue weighted by atomic mass is 10.1. The van der Waals surface area contributed by atoms with Crippen molar-refractivity contribution < 1.29 is 18.0 Å². The van der Waals surface area contributed by atoms with Crippen LogP contribution in [-0.4, -0.2) is 5.78 Å². The second-order valence-corrected chi connectivity index (χ2v) is 5.23. The Hall–Kier alpha value is -1.33. The molecule has 0 radical (unpaired) electrons. The SMILES string of the molecule is O=C(c1cccc(C(F)(F)F)c1)c1ccc(Cl)s1. The quantitative estimate of drug-likeness (QED) is 0.736. The van der Waals surface area contributed by atoms with E-state index in [1.807, 2.05) is 0 Å². The van der Waals surface area contributed by atoms with Gasteiger partial charge in [-0.15, -0.1) is 11.3 Å². The molecular weight excluding hydrogens is 285 g/mol. The molecule has 1 nitrogen and oxygen atoms in total. The summed E-state index contributed by atoms with van der Waals surface area (Å²) in [6.07, 6.45) is -4.45. The summed E-state index contributed by atoms with van der Waals surface area (Å²) in [5, 5.41) is 0. The molecule has 2 aromatic rings. The Labute approximate surface area is 110 Å². The Kier molecular flexibility index (Phi) is 3.45. The minimum atomic E-state index is -4.45. The number of ketones is 1. The number of halogens is 4. The van der Waals surface area contributed by atoms with Crippen molar-refractivity contribution in [2.45, 2.75) is 6.18 Å². The van der Waals surface area contributed by atoms with Gasteiger partial charge in [0.05, 0.1) is 14.8 Å². The van der Waals surface area contributed by atoms with Crippen molar-refractivity contribution in [3.05, 3.63) is 56.7 Å². The van der Waals surface area contributed by atoms with Crippen LogP contribution in [0.1, 0.15) is 20.8 Å². The topological polar surface area (TPSA) is 17.1 Å². The lowest BCUT2D eigenvalue weighted by Gasteiger charge is -2.07. The number of carbonyl (C=O) groups is 1. The molecular formula is C12H6ClF3OS. The lowest BCUT2D eigenvalue weighted by molar-refractivity contribution is -0.137. The molecule has 0 aliphatic rings. The second-order valence-electron chi connectivity index (χ2n) is 3.51. The Morgan fingerprint density at radius 1 is 1.17 bits per heavy atom. The van der Waals surface area contributed by atoms with E-state index < -0.39 is 17.5 Å². The van der Waals surface area contributed by atoms with E-state index in [0.29, 0.717) is 9.21 Å². The van der Waals surface area contributed by atoms with Crippen LogP contribution in [0.5, 0.6) is 0 Å². The van der Waals surface area contributed by atoms with Crippen molar-refractivity contribution in [3.8, 4) is 0 Å². The van der Waals surface area contributed by atoms with E-state index in [9.17, 15) is 18.0 Å². The zero-order valence-corrected chi connectivity index (χ0v) is 10.4. The van der Waals surface area contributed by atoms with Crippen molar-refractivity contribution in [3.63, 3.8) is 0 Å². The van der Waals surface area contributed by atoms with Gasteiger partial charge >= 0.3 is 6.18 Å². The van der Waals surface area contributed by atoms with E-state index in [1.54, 1.807) is 0 Å². The number of hydrogen-bond acceptors (Lipinski definition) is 2. The van der Waals surface area contributed by atoms with E-state index in [2.05, 4.69) is 0 Å². The van der Waals surface area contributed by atoms with Crippen LogP contribution in [0.25, 0.3) is 0 Å². The average molecular weight is 291 g/mol. The lowest BCUT2D eigenvalue weighted by Crippen LogP contribution is -2.07. The number of benzene rings is 1. The summed E-state index contributed by atoms with van der Waals surface area (Å²) in [7, 11) is 0. The number of rotatable bonds is 2. The summed E-state index contributed by atoms with van der Waals surface area (Å²) >= 11 is 6.72. The van der Waals surface area contributed by atoms with E-state index in [-0.39, 0.29) is 5.56 Å². The van der Waals surface area contributed by atoms with Crippen molar-refractivity contribution in [2.75, 3.05) is 0 Å². The average Bonchev–Trinajstić information content (AvgIpc) is 2.74. The predicted octanol–water partition coefficient (Wildman–Crippen LogP) is 4.65. The maximum absolute atomic E-state index is 12.5. The summed E-state index contributed by atoms with van der Waals surface area (Å²) in [6, 6.07) is 7.37. The highest BCUT2D eigenvalue weighted by molar-refractivity contribution is 7.18. The van der Waals surface area contributed by atoms with Gasteiger partial charge in [0, 0.05) is 5.56 Å². The van der Waals surface area contributed by atoms with Crippen molar-refractivity contribution in [1.82, 2.24) is 0 Å². The monoisotopic (exact) mass is 290 g/mol. The van der Waals surface area contributed by atoms with E-state index >= 15 is 0 Å². The van der Waals surface area contributed by atoms with Gasteiger partial charge in [0.1, 0.15) is 0 Å². The van der Waals surface area contributed by atoms with Crippen LogP contribution in [0.3, 0.4) is 0 Å². The molecule has 0 spiro atoms. The Balaban J connectivity index is 2.37. The minimum absolute atomic E-state index is 0.00309. The first kappa shape index (κ1) is 13.1. The first-order chi connectivity index (χ1) is 8.38. The van der Waals surface area contributed by atoms with Crippen LogP contribution >= 0.6 is 22.9 Å². The molecule has 0 atom stereocenters. The normalized spacial score (nSPS) is 11.6. The van der Waals surface area contributed by atoms with Gasteiger partial charge in [0.15, 0.2) is 0 Å². The molecule has 1 heterocycles. The Morgan fingerprint density at radius 2 is 1.89 bits per heavy atom. The molecule has 0 fully saturated rings. The third-order valence-corrected chi connectivity index (χ3v) is 3.48. The molecule has 0 aliphatic heterocycles. The molecule has 0 aliphatic carbocycles. The zero-order chi connectivity index (χ0) is 13.3. The number of carbonyl (C=O) groups excluding carboxylic acids is 1. The summed E-state index contributed by atoms with van der Waals surface area (Å²) < 4.78 is 37.9. The van der Waals surface area contributed by atoms with Gasteiger partial charge in [0.2, 0.25) is 5.78 Å². The molecule has 0 saturated carbocycles. The highest BCUT2D eigenvalue weighted by Crippen LogP contribution is 2.30. The largest absolute Gasteiger partial charge is 0.416 e. The molecule has 1 aromatic carbocycles. The standard InChI is InChI=1S/C12H6ClF3OS/c13-10-5-4-9(18-10)11(17)7-2-1-3-8(6-7)12(14,15)16/h1-6H. The van der Waals surface area contributed by atoms with Crippen LogP contribution < -0.4 is 0 Å². The summed E-state index contributed by atoms with van der Waals surface area (Å²) in [5.74, 6) is -0.460. The predicted molar refractivity (Wildman–Crippen MR) is 64.2 cm³/mol. The third kappa shape index (κ3) is 2.73. The van der Waals surface area contributed by atoms with Crippen molar-refractivity contribution in [2.24, 2.45) is 0 Å². The molecule has 6 heteroatoms. The van der Waals surface area contributed by atoms with Gasteiger partial charge in [-0.25, -0.2) is 0 Å². The molecule has 0 amide bonds. The summed E-state index contributed by atoms with van der Waals surface area (Å²) in [5.41, 5.74) is -0.834. The van der Waals surface area contributed by atoms with Crippen molar-refractivity contribution >= 4 is 28.7 Å². The maximum atomic E-state index is 12.5. The van der Waals surface area contributed by atoms with Gasteiger partial charge in [-0.05, 0) is 24.3 Å². The molecule has 18 heavy (non-hydrogen) atoms. The van der Waals surface area contributed by atoms with Crippen LogP contribution in [0.15, 0.2) is 36.4 Å². The fourth-order valence-corrected chi connectivity index (χ4v) is 2.42. The fourth-order valence-electron chi connectivity index (χ4n) is 1.42. The van der Waals surface area contributed by atoms with E-state index in [0.717, 1.165) is 23.5 Å². The molecule has 2 rings (SSSR count). The molecule has 0 saturated heterocycles. The van der Waals surface area contributed by atoms with Gasteiger partial charge in [0.25, 0.3) is 0 Å².